The van der Waals surface area contributed by atoms with Gasteiger partial charge in [-0.3, -0.25) is 4.79 Å². The van der Waals surface area contributed by atoms with Gasteiger partial charge in [-0.1, -0.05) is 26.8 Å². The standard InChI is InChI=1S/C19H30O5/c1-7-18(5,24-12-21-6)14-10-13-16(2,3)15(20)17(14,4)11-19(13)22-8-9-23-19/h7,13-14H,1,8-12H2,2-6H3/t13-,14-,17+,18+/m1/s1. The molecule has 3 aliphatic carbocycles. The van der Waals surface area contributed by atoms with E-state index in [1.54, 1.807) is 7.11 Å². The average Bonchev–Trinajstić information content (AvgIpc) is 2.98. The SMILES string of the molecule is C=C[C@](C)(OCOC)[C@@H]1C[C@H]2C3(C[C@]1(C)C(=O)C2(C)C)OCCO3. The van der Waals surface area contributed by atoms with Gasteiger partial charge in [0, 0.05) is 36.2 Å². The summed E-state index contributed by atoms with van der Waals surface area (Å²) in [5, 5.41) is 0. The normalized spacial score (nSPS) is 39.1. The van der Waals surface area contributed by atoms with Crippen molar-refractivity contribution in [2.45, 2.75) is 51.9 Å². The molecule has 1 heterocycles. The first-order chi connectivity index (χ1) is 11.2. The molecule has 0 N–H and O–H groups in total. The molecule has 24 heavy (non-hydrogen) atoms. The third kappa shape index (κ3) is 2.25. The molecule has 3 saturated carbocycles. The predicted molar refractivity (Wildman–Crippen MR) is 89.3 cm³/mol. The minimum Gasteiger partial charge on any atom is -0.359 e. The lowest BCUT2D eigenvalue weighted by molar-refractivity contribution is -0.298. The Kier molecular flexibility index (Phi) is 4.23. The van der Waals surface area contributed by atoms with Gasteiger partial charge in [0.15, 0.2) is 5.79 Å². The van der Waals surface area contributed by atoms with Crippen LogP contribution in [0.5, 0.6) is 0 Å². The lowest BCUT2D eigenvalue weighted by Crippen LogP contribution is -2.70. The quantitative estimate of drug-likeness (QED) is 0.570. The molecule has 0 aromatic carbocycles. The molecule has 0 aromatic rings. The number of carbonyl (C=O) groups is 1. The molecule has 5 heteroatoms. The third-order valence-corrected chi connectivity index (χ3v) is 6.72. The van der Waals surface area contributed by atoms with Crippen LogP contribution in [0.15, 0.2) is 12.7 Å². The summed E-state index contributed by atoms with van der Waals surface area (Å²) in [6.07, 6.45) is 3.20. The van der Waals surface area contributed by atoms with Crippen molar-refractivity contribution in [2.24, 2.45) is 22.7 Å². The van der Waals surface area contributed by atoms with Crippen molar-refractivity contribution in [2.75, 3.05) is 27.1 Å². The maximum atomic E-state index is 13.4. The minimum atomic E-state index is -0.633. The van der Waals surface area contributed by atoms with Gasteiger partial charge in [-0.15, -0.1) is 6.58 Å². The number of methoxy groups -OCH3 is 1. The highest BCUT2D eigenvalue weighted by Crippen LogP contribution is 2.66. The van der Waals surface area contributed by atoms with E-state index in [0.29, 0.717) is 19.6 Å². The van der Waals surface area contributed by atoms with Crippen LogP contribution in [0.4, 0.5) is 0 Å². The zero-order valence-corrected chi connectivity index (χ0v) is 15.5. The highest BCUT2D eigenvalue weighted by molar-refractivity contribution is 5.92. The summed E-state index contributed by atoms with van der Waals surface area (Å²) in [6, 6.07) is 0. The van der Waals surface area contributed by atoms with Gasteiger partial charge in [0.2, 0.25) is 0 Å². The largest absolute Gasteiger partial charge is 0.359 e. The Morgan fingerprint density at radius 2 is 1.96 bits per heavy atom. The molecule has 1 saturated heterocycles. The summed E-state index contributed by atoms with van der Waals surface area (Å²) in [5.74, 6) is -0.333. The second-order valence-corrected chi connectivity index (χ2v) is 8.43. The van der Waals surface area contributed by atoms with E-state index >= 15 is 0 Å². The lowest BCUT2D eigenvalue weighted by atomic mass is 9.42. The van der Waals surface area contributed by atoms with Crippen LogP contribution in [-0.2, 0) is 23.7 Å². The first kappa shape index (κ1) is 18.1. The van der Waals surface area contributed by atoms with E-state index in [9.17, 15) is 4.79 Å². The molecule has 0 radical (unpaired) electrons. The van der Waals surface area contributed by atoms with Crippen molar-refractivity contribution in [3.05, 3.63) is 12.7 Å². The molecule has 0 unspecified atom stereocenters. The number of ether oxygens (including phenoxy) is 4. The molecule has 0 aromatic heterocycles. The molecule has 136 valence electrons. The van der Waals surface area contributed by atoms with Crippen LogP contribution in [0.1, 0.15) is 40.5 Å². The van der Waals surface area contributed by atoms with Gasteiger partial charge in [0.25, 0.3) is 0 Å². The second kappa shape index (κ2) is 5.63. The Balaban J connectivity index is 2.02. The van der Waals surface area contributed by atoms with Gasteiger partial charge in [-0.2, -0.15) is 0 Å². The average molecular weight is 338 g/mol. The summed E-state index contributed by atoms with van der Waals surface area (Å²) in [7, 11) is 1.60. The van der Waals surface area contributed by atoms with E-state index in [0.717, 1.165) is 6.42 Å². The van der Waals surface area contributed by atoms with Gasteiger partial charge < -0.3 is 18.9 Å². The lowest BCUT2D eigenvalue weighted by Gasteiger charge is -2.64. The smallest absolute Gasteiger partial charge is 0.173 e. The summed E-state index contributed by atoms with van der Waals surface area (Å²) >= 11 is 0. The van der Waals surface area contributed by atoms with Crippen molar-refractivity contribution in [1.29, 1.82) is 0 Å². The zero-order chi connectivity index (χ0) is 17.8. The van der Waals surface area contributed by atoms with E-state index in [2.05, 4.69) is 6.58 Å². The Labute approximate surface area is 144 Å². The summed E-state index contributed by atoms with van der Waals surface area (Å²) < 4.78 is 23.2. The molecule has 4 rings (SSSR count). The monoisotopic (exact) mass is 338 g/mol. The van der Waals surface area contributed by atoms with Gasteiger partial charge in [-0.25, -0.2) is 0 Å². The highest BCUT2D eigenvalue weighted by Gasteiger charge is 2.72. The summed E-state index contributed by atoms with van der Waals surface area (Å²) in [5.41, 5.74) is -1.69. The van der Waals surface area contributed by atoms with Crippen molar-refractivity contribution in [1.82, 2.24) is 0 Å². The van der Waals surface area contributed by atoms with Crippen LogP contribution in [-0.4, -0.2) is 44.3 Å². The highest BCUT2D eigenvalue weighted by atomic mass is 16.7. The van der Waals surface area contributed by atoms with Crippen molar-refractivity contribution in [3.8, 4) is 0 Å². The van der Waals surface area contributed by atoms with Crippen molar-refractivity contribution >= 4 is 5.78 Å². The van der Waals surface area contributed by atoms with E-state index in [1.807, 2.05) is 33.8 Å². The molecule has 0 amide bonds. The molecule has 2 bridgehead atoms. The molecule has 5 nitrogen and oxygen atoms in total. The fraction of sp³-hybridized carbons (Fsp3) is 0.842. The molecule has 4 fully saturated rings. The Morgan fingerprint density at radius 3 is 2.50 bits per heavy atom. The summed E-state index contributed by atoms with van der Waals surface area (Å²) in [6.45, 7) is 13.4. The fourth-order valence-electron chi connectivity index (χ4n) is 5.54. The maximum Gasteiger partial charge on any atom is 0.173 e. The number of hydrogen-bond acceptors (Lipinski definition) is 5. The fourth-order valence-corrected chi connectivity index (χ4v) is 5.54. The second-order valence-electron chi connectivity index (χ2n) is 8.43. The van der Waals surface area contributed by atoms with Crippen LogP contribution < -0.4 is 0 Å². The molecular formula is C19H30O5. The summed E-state index contributed by atoms with van der Waals surface area (Å²) in [4.78, 5) is 13.4. The van der Waals surface area contributed by atoms with E-state index < -0.39 is 22.2 Å². The number of carbonyl (C=O) groups excluding carboxylic acids is 1. The van der Waals surface area contributed by atoms with Crippen LogP contribution >= 0.6 is 0 Å². The number of rotatable bonds is 5. The van der Waals surface area contributed by atoms with Crippen LogP contribution in [0.3, 0.4) is 0 Å². The predicted octanol–water partition coefficient (Wildman–Crippen LogP) is 2.94. The van der Waals surface area contributed by atoms with Crippen molar-refractivity contribution in [3.63, 3.8) is 0 Å². The van der Waals surface area contributed by atoms with Crippen LogP contribution in [0, 0.1) is 22.7 Å². The van der Waals surface area contributed by atoms with Crippen molar-refractivity contribution < 1.29 is 23.7 Å². The van der Waals surface area contributed by atoms with Gasteiger partial charge in [-0.05, 0) is 13.3 Å². The Hall–Kier alpha value is -0.750. The molecule has 4 aliphatic rings. The van der Waals surface area contributed by atoms with Gasteiger partial charge in [0.1, 0.15) is 12.6 Å². The van der Waals surface area contributed by atoms with E-state index in [-0.39, 0.29) is 24.4 Å². The first-order valence-corrected chi connectivity index (χ1v) is 8.75. The van der Waals surface area contributed by atoms with Gasteiger partial charge in [0.05, 0.1) is 18.8 Å². The number of fused-ring (bicyclic) bond motifs is 2. The van der Waals surface area contributed by atoms with Crippen LogP contribution in [0.25, 0.3) is 0 Å². The number of ketones is 1. The third-order valence-electron chi connectivity index (χ3n) is 6.72. The number of hydrogen-bond donors (Lipinski definition) is 0. The first-order valence-electron chi connectivity index (χ1n) is 8.75. The van der Waals surface area contributed by atoms with E-state index in [4.69, 9.17) is 18.9 Å². The molecular weight excluding hydrogens is 308 g/mol. The Morgan fingerprint density at radius 1 is 1.33 bits per heavy atom. The van der Waals surface area contributed by atoms with Gasteiger partial charge >= 0.3 is 0 Å². The zero-order valence-electron chi connectivity index (χ0n) is 15.5. The topological polar surface area (TPSA) is 54.0 Å². The molecule has 4 atom stereocenters. The molecule has 1 spiro atoms. The van der Waals surface area contributed by atoms with E-state index in [1.165, 1.54) is 0 Å². The minimum absolute atomic E-state index is 0.0113. The Bertz CT molecular complexity index is 536. The van der Waals surface area contributed by atoms with Crippen LogP contribution in [0.2, 0.25) is 0 Å². The maximum absolute atomic E-state index is 13.4. The number of Topliss-reactive ketones (excluding diaryl/α,β-unsaturated/α-hetero) is 1. The molecule has 1 aliphatic heterocycles.